The first kappa shape index (κ1) is 26.5. The molecule has 0 unspecified atom stereocenters. The molecule has 0 bridgehead atoms. The standard InChI is InChI=1S/C34H30N4O2/c1-25-21-31(39-23-27-9-5-3-6-10-27)17-19-33(25)37-35-29-13-15-30(16-14-29)36-38-34-20-18-32(22-26(34)2)40-24-28-11-7-4-8-12-28/h3-22H,23-24H2,1-2H3. The Morgan fingerprint density at radius 2 is 0.850 bits per heavy atom. The molecule has 0 heterocycles. The highest BCUT2D eigenvalue weighted by molar-refractivity contribution is 5.52. The molecule has 5 rings (SSSR count). The van der Waals surface area contributed by atoms with Gasteiger partial charge in [0.2, 0.25) is 0 Å². The van der Waals surface area contributed by atoms with Crippen LogP contribution in [0.2, 0.25) is 0 Å². The molecule has 0 radical (unpaired) electrons. The van der Waals surface area contributed by atoms with Crippen molar-refractivity contribution in [2.45, 2.75) is 27.1 Å². The van der Waals surface area contributed by atoms with Gasteiger partial charge in [0.15, 0.2) is 0 Å². The SMILES string of the molecule is Cc1cc(OCc2ccccc2)ccc1N=Nc1ccc(N=Nc2ccc(OCc3ccccc3)cc2C)cc1. The molecule has 0 N–H and O–H groups in total. The number of nitrogens with zero attached hydrogens (tertiary/aromatic N) is 4. The number of benzene rings is 5. The van der Waals surface area contributed by atoms with Crippen molar-refractivity contribution in [3.8, 4) is 11.5 Å². The fourth-order valence-electron chi connectivity index (χ4n) is 3.95. The summed E-state index contributed by atoms with van der Waals surface area (Å²) < 4.78 is 11.8. The van der Waals surface area contributed by atoms with Crippen LogP contribution in [0.3, 0.4) is 0 Å². The Balaban J connectivity index is 1.15. The van der Waals surface area contributed by atoms with Crippen molar-refractivity contribution in [2.24, 2.45) is 20.5 Å². The van der Waals surface area contributed by atoms with Gasteiger partial charge in [0, 0.05) is 0 Å². The van der Waals surface area contributed by atoms with E-state index in [-0.39, 0.29) is 0 Å². The van der Waals surface area contributed by atoms with Gasteiger partial charge in [-0.15, -0.1) is 0 Å². The minimum Gasteiger partial charge on any atom is -0.489 e. The van der Waals surface area contributed by atoms with E-state index in [1.807, 2.05) is 135 Å². The zero-order valence-corrected chi connectivity index (χ0v) is 22.6. The summed E-state index contributed by atoms with van der Waals surface area (Å²) in [7, 11) is 0. The first-order valence-electron chi connectivity index (χ1n) is 13.1. The maximum atomic E-state index is 5.90. The molecule has 5 aromatic rings. The van der Waals surface area contributed by atoms with Crippen LogP contribution in [0, 0.1) is 13.8 Å². The van der Waals surface area contributed by atoms with E-state index in [1.54, 1.807) is 0 Å². The smallest absolute Gasteiger partial charge is 0.120 e. The van der Waals surface area contributed by atoms with Crippen molar-refractivity contribution >= 4 is 22.7 Å². The van der Waals surface area contributed by atoms with Gasteiger partial charge in [0.05, 0.1) is 22.7 Å². The number of rotatable bonds is 10. The Morgan fingerprint density at radius 3 is 1.23 bits per heavy atom. The molecule has 0 saturated carbocycles. The van der Waals surface area contributed by atoms with E-state index in [1.165, 1.54) is 0 Å². The van der Waals surface area contributed by atoms with Gasteiger partial charge in [-0.3, -0.25) is 0 Å². The van der Waals surface area contributed by atoms with Gasteiger partial charge >= 0.3 is 0 Å². The molecule has 198 valence electrons. The van der Waals surface area contributed by atoms with Crippen molar-refractivity contribution < 1.29 is 9.47 Å². The summed E-state index contributed by atoms with van der Waals surface area (Å²) in [6.07, 6.45) is 0. The van der Waals surface area contributed by atoms with Crippen molar-refractivity contribution in [1.29, 1.82) is 0 Å². The van der Waals surface area contributed by atoms with Crippen LogP contribution >= 0.6 is 0 Å². The summed E-state index contributed by atoms with van der Waals surface area (Å²) >= 11 is 0. The van der Waals surface area contributed by atoms with Crippen LogP contribution < -0.4 is 9.47 Å². The van der Waals surface area contributed by atoms with Crippen molar-refractivity contribution in [2.75, 3.05) is 0 Å². The second kappa shape index (κ2) is 13.1. The first-order chi connectivity index (χ1) is 19.6. The van der Waals surface area contributed by atoms with Gasteiger partial charge in [0.25, 0.3) is 0 Å². The van der Waals surface area contributed by atoms with E-state index in [0.717, 1.165) is 56.5 Å². The molecule has 6 nitrogen and oxygen atoms in total. The molecule has 0 amide bonds. The molecule has 40 heavy (non-hydrogen) atoms. The summed E-state index contributed by atoms with van der Waals surface area (Å²) in [6, 6.07) is 39.3. The Morgan fingerprint density at radius 1 is 0.450 bits per heavy atom. The van der Waals surface area contributed by atoms with E-state index in [0.29, 0.717) is 13.2 Å². The topological polar surface area (TPSA) is 67.9 Å². The van der Waals surface area contributed by atoms with E-state index < -0.39 is 0 Å². The Bertz CT molecular complexity index is 1480. The maximum absolute atomic E-state index is 5.90. The molecule has 0 aromatic heterocycles. The second-order valence-electron chi connectivity index (χ2n) is 9.36. The van der Waals surface area contributed by atoms with Gasteiger partial charge in [-0.2, -0.15) is 20.5 Å². The molecule has 0 aliphatic carbocycles. The van der Waals surface area contributed by atoms with Crippen molar-refractivity contribution in [3.63, 3.8) is 0 Å². The van der Waals surface area contributed by atoms with Crippen molar-refractivity contribution in [1.82, 2.24) is 0 Å². The quantitative estimate of drug-likeness (QED) is 0.170. The van der Waals surface area contributed by atoms with E-state index in [9.17, 15) is 0 Å². The van der Waals surface area contributed by atoms with Gasteiger partial charge in [-0.1, -0.05) is 60.7 Å². The lowest BCUT2D eigenvalue weighted by Crippen LogP contribution is -1.95. The highest BCUT2D eigenvalue weighted by Gasteiger charge is 2.03. The third-order valence-electron chi connectivity index (χ3n) is 6.23. The maximum Gasteiger partial charge on any atom is 0.120 e. The Hall–Kier alpha value is -5.10. The van der Waals surface area contributed by atoms with Gasteiger partial charge in [-0.25, -0.2) is 0 Å². The minimum atomic E-state index is 0.527. The first-order valence-corrected chi connectivity index (χ1v) is 13.1. The molecule has 0 spiro atoms. The number of azo groups is 2. The van der Waals surface area contributed by atoms with Crippen molar-refractivity contribution in [3.05, 3.63) is 144 Å². The number of aryl methyl sites for hydroxylation is 2. The molecule has 0 fully saturated rings. The normalized spacial score (nSPS) is 11.2. The Labute approximate surface area is 234 Å². The third kappa shape index (κ3) is 7.48. The van der Waals surface area contributed by atoms with E-state index >= 15 is 0 Å². The summed E-state index contributed by atoms with van der Waals surface area (Å²) in [5.41, 5.74) is 7.30. The monoisotopic (exact) mass is 526 g/mol. The summed E-state index contributed by atoms with van der Waals surface area (Å²) in [6.45, 7) is 5.05. The number of hydrogen-bond donors (Lipinski definition) is 0. The van der Waals surface area contributed by atoms with E-state index in [2.05, 4.69) is 20.5 Å². The lowest BCUT2D eigenvalue weighted by atomic mass is 10.2. The highest BCUT2D eigenvalue weighted by atomic mass is 16.5. The third-order valence-corrected chi connectivity index (χ3v) is 6.23. The van der Waals surface area contributed by atoms with Crippen LogP contribution in [-0.4, -0.2) is 0 Å². The van der Waals surface area contributed by atoms with Crippen LogP contribution in [0.1, 0.15) is 22.3 Å². The number of hydrogen-bond acceptors (Lipinski definition) is 6. The largest absolute Gasteiger partial charge is 0.489 e. The van der Waals surface area contributed by atoms with Gasteiger partial charge in [0.1, 0.15) is 24.7 Å². The van der Waals surface area contributed by atoms with Crippen LogP contribution in [0.5, 0.6) is 11.5 Å². The molecular weight excluding hydrogens is 496 g/mol. The van der Waals surface area contributed by atoms with Gasteiger partial charge in [-0.05, 0) is 96.8 Å². The molecule has 0 aliphatic rings. The van der Waals surface area contributed by atoms with Crippen LogP contribution in [0.4, 0.5) is 22.7 Å². The Kier molecular flexibility index (Phi) is 8.69. The summed E-state index contributed by atoms with van der Waals surface area (Å²) in [4.78, 5) is 0. The summed E-state index contributed by atoms with van der Waals surface area (Å²) in [5, 5.41) is 17.6. The van der Waals surface area contributed by atoms with Crippen LogP contribution in [0.15, 0.2) is 142 Å². The predicted octanol–water partition coefficient (Wildman–Crippen LogP) is 10.3. The lowest BCUT2D eigenvalue weighted by Gasteiger charge is -2.08. The molecule has 5 aromatic carbocycles. The van der Waals surface area contributed by atoms with Crippen LogP contribution in [0.25, 0.3) is 0 Å². The minimum absolute atomic E-state index is 0.527. The average Bonchev–Trinajstić information content (AvgIpc) is 2.99. The van der Waals surface area contributed by atoms with E-state index in [4.69, 9.17) is 9.47 Å². The lowest BCUT2D eigenvalue weighted by molar-refractivity contribution is 0.306. The molecule has 0 atom stereocenters. The van der Waals surface area contributed by atoms with Crippen LogP contribution in [-0.2, 0) is 13.2 Å². The average molecular weight is 527 g/mol. The zero-order chi connectivity index (χ0) is 27.6. The summed E-state index contributed by atoms with van der Waals surface area (Å²) in [5.74, 6) is 1.61. The fraction of sp³-hybridized carbons (Fsp3) is 0.118. The highest BCUT2D eigenvalue weighted by Crippen LogP contribution is 2.29. The zero-order valence-electron chi connectivity index (χ0n) is 22.6. The molecule has 0 aliphatic heterocycles. The fourth-order valence-corrected chi connectivity index (χ4v) is 3.95. The van der Waals surface area contributed by atoms with Gasteiger partial charge < -0.3 is 9.47 Å². The molecule has 0 saturated heterocycles. The predicted molar refractivity (Wildman–Crippen MR) is 159 cm³/mol. The molecule has 6 heteroatoms. The number of ether oxygens (including phenoxy) is 2. The second-order valence-corrected chi connectivity index (χ2v) is 9.36. The molecular formula is C34H30N4O2.